The van der Waals surface area contributed by atoms with Crippen molar-refractivity contribution < 1.29 is 13.6 Å². The van der Waals surface area contributed by atoms with Crippen LogP contribution in [-0.4, -0.2) is 26.7 Å². The van der Waals surface area contributed by atoms with E-state index in [0.717, 1.165) is 24.8 Å². The molecular weight excluding hydrogens is 360 g/mol. The van der Waals surface area contributed by atoms with Crippen LogP contribution < -0.4 is 9.37 Å². The van der Waals surface area contributed by atoms with Crippen molar-refractivity contribution >= 4 is 21.4 Å². The number of rotatable bonds is 6. The summed E-state index contributed by atoms with van der Waals surface area (Å²) >= 11 is 0. The van der Waals surface area contributed by atoms with E-state index in [2.05, 4.69) is 6.92 Å². The van der Waals surface area contributed by atoms with Gasteiger partial charge >= 0.3 is 0 Å². The van der Waals surface area contributed by atoms with Gasteiger partial charge in [0.15, 0.2) is 0 Å². The number of sulfonamides is 1. The summed E-state index contributed by atoms with van der Waals surface area (Å²) in [5.41, 5.74) is 3.43. The first-order valence-electron chi connectivity index (χ1n) is 9.54. The molecule has 0 aliphatic carbocycles. The third-order valence-electron chi connectivity index (χ3n) is 4.90. The molecule has 0 saturated heterocycles. The van der Waals surface area contributed by atoms with Crippen LogP contribution >= 0.6 is 0 Å². The highest BCUT2D eigenvalue weighted by Crippen LogP contribution is 2.31. The molecule has 0 atom stereocenters. The molecule has 0 fully saturated rings. The highest BCUT2D eigenvalue weighted by molar-refractivity contribution is 7.92. The lowest BCUT2D eigenvalue weighted by Crippen LogP contribution is -2.34. The van der Waals surface area contributed by atoms with Crippen LogP contribution in [0.25, 0.3) is 0 Å². The molecule has 2 aromatic carbocycles. The molecule has 1 aliphatic heterocycles. The Kier molecular flexibility index (Phi) is 5.77. The summed E-state index contributed by atoms with van der Waals surface area (Å²) in [5, 5.41) is 11.2. The van der Waals surface area contributed by atoms with Gasteiger partial charge in [-0.2, -0.15) is 0 Å². The van der Waals surface area contributed by atoms with E-state index in [1.807, 2.05) is 38.1 Å². The second-order valence-corrected chi connectivity index (χ2v) is 9.33. The Morgan fingerprint density at radius 1 is 1.15 bits per heavy atom. The zero-order chi connectivity index (χ0) is 19.6. The van der Waals surface area contributed by atoms with E-state index in [0.29, 0.717) is 24.5 Å². The van der Waals surface area contributed by atoms with Crippen molar-refractivity contribution in [2.75, 3.05) is 22.5 Å². The summed E-state index contributed by atoms with van der Waals surface area (Å²) in [7, 11) is -3.69. The molecule has 6 heteroatoms. The monoisotopic (exact) mass is 388 g/mol. The lowest BCUT2D eigenvalue weighted by molar-refractivity contribution is 0.246. The third-order valence-corrected chi connectivity index (χ3v) is 6.69. The van der Waals surface area contributed by atoms with Crippen LogP contribution in [0.3, 0.4) is 0 Å². The summed E-state index contributed by atoms with van der Waals surface area (Å²) in [6, 6.07) is 12.7. The lowest BCUT2D eigenvalue weighted by atomic mass is 10.0. The Balaban J connectivity index is 2.02. The highest BCUT2D eigenvalue weighted by atomic mass is 32.2. The average molecular weight is 389 g/mol. The summed E-state index contributed by atoms with van der Waals surface area (Å²) in [5.74, 6) is 0.191. The van der Waals surface area contributed by atoms with E-state index >= 15 is 0 Å². The van der Waals surface area contributed by atoms with E-state index < -0.39 is 10.0 Å². The minimum Gasteiger partial charge on any atom is -0.288 e. The maximum atomic E-state index is 13.4. The standard InChI is InChI=1S/C21H28N2O3S/c1-4-17-7-9-19(10-8-17)23(15-16(2)3)27(25,26)20-11-12-21-18(14-20)6-5-13-22(21)24/h7-12,14,16,24H,4-6,13,15H2,1-3H3. The Labute approximate surface area is 162 Å². The molecule has 146 valence electrons. The molecule has 2 aromatic rings. The van der Waals surface area contributed by atoms with Crippen LogP contribution in [0.1, 0.15) is 38.3 Å². The normalized spacial score (nSPS) is 14.3. The van der Waals surface area contributed by atoms with Crippen molar-refractivity contribution in [3.05, 3.63) is 53.6 Å². The Bertz CT molecular complexity index is 892. The second kappa shape index (κ2) is 7.90. The summed E-state index contributed by atoms with van der Waals surface area (Å²) in [6.45, 7) is 7.09. The number of aryl methyl sites for hydroxylation is 2. The zero-order valence-electron chi connectivity index (χ0n) is 16.2. The van der Waals surface area contributed by atoms with Gasteiger partial charge in [-0.1, -0.05) is 32.9 Å². The van der Waals surface area contributed by atoms with Crippen LogP contribution in [0, 0.1) is 5.92 Å². The Hall–Kier alpha value is -2.05. The summed E-state index contributed by atoms with van der Waals surface area (Å²) < 4.78 is 28.4. The fourth-order valence-electron chi connectivity index (χ4n) is 3.41. The second-order valence-electron chi connectivity index (χ2n) is 7.47. The first kappa shape index (κ1) is 19.7. The van der Waals surface area contributed by atoms with Gasteiger partial charge in [-0.3, -0.25) is 14.6 Å². The molecular formula is C21H28N2O3S. The quantitative estimate of drug-likeness (QED) is 0.804. The van der Waals surface area contributed by atoms with Gasteiger partial charge in [0.2, 0.25) is 0 Å². The van der Waals surface area contributed by atoms with Gasteiger partial charge in [0.25, 0.3) is 10.0 Å². The number of hydrogen-bond acceptors (Lipinski definition) is 4. The third kappa shape index (κ3) is 4.12. The topological polar surface area (TPSA) is 60.9 Å². The van der Waals surface area contributed by atoms with Gasteiger partial charge in [0, 0.05) is 13.1 Å². The number of benzene rings is 2. The predicted octanol–water partition coefficient (Wildman–Crippen LogP) is 4.24. The van der Waals surface area contributed by atoms with Crippen LogP contribution in [0.2, 0.25) is 0 Å². The SMILES string of the molecule is CCc1ccc(N(CC(C)C)S(=O)(=O)c2ccc3c(c2)CCCN3O)cc1. The van der Waals surface area contributed by atoms with E-state index in [1.54, 1.807) is 18.2 Å². The molecule has 0 bridgehead atoms. The Morgan fingerprint density at radius 2 is 1.85 bits per heavy atom. The summed E-state index contributed by atoms with van der Waals surface area (Å²) in [4.78, 5) is 0.275. The smallest absolute Gasteiger partial charge is 0.264 e. The molecule has 0 spiro atoms. The van der Waals surface area contributed by atoms with Gasteiger partial charge in [-0.05, 0) is 66.6 Å². The average Bonchev–Trinajstić information content (AvgIpc) is 2.66. The number of anilines is 2. The Morgan fingerprint density at radius 3 is 2.48 bits per heavy atom. The molecule has 0 saturated carbocycles. The molecule has 1 N–H and O–H groups in total. The largest absolute Gasteiger partial charge is 0.288 e. The van der Waals surface area contributed by atoms with E-state index in [1.165, 1.54) is 14.9 Å². The number of hydrogen-bond donors (Lipinski definition) is 1. The first-order valence-corrected chi connectivity index (χ1v) is 11.0. The minimum atomic E-state index is -3.69. The molecule has 3 rings (SSSR count). The molecule has 0 unspecified atom stereocenters. The van der Waals surface area contributed by atoms with Crippen molar-refractivity contribution in [2.24, 2.45) is 5.92 Å². The van der Waals surface area contributed by atoms with Crippen LogP contribution in [0.4, 0.5) is 11.4 Å². The number of fused-ring (bicyclic) bond motifs is 1. The van der Waals surface area contributed by atoms with Crippen molar-refractivity contribution in [3.8, 4) is 0 Å². The maximum Gasteiger partial charge on any atom is 0.264 e. The fourth-order valence-corrected chi connectivity index (χ4v) is 5.09. The van der Waals surface area contributed by atoms with Crippen LogP contribution in [0.5, 0.6) is 0 Å². The predicted molar refractivity (Wildman–Crippen MR) is 109 cm³/mol. The van der Waals surface area contributed by atoms with Gasteiger partial charge in [0.1, 0.15) is 0 Å². The molecule has 1 aliphatic rings. The van der Waals surface area contributed by atoms with Crippen molar-refractivity contribution in [3.63, 3.8) is 0 Å². The van der Waals surface area contributed by atoms with E-state index in [9.17, 15) is 13.6 Å². The molecule has 27 heavy (non-hydrogen) atoms. The fraction of sp³-hybridized carbons (Fsp3) is 0.429. The molecule has 0 radical (unpaired) electrons. The van der Waals surface area contributed by atoms with Gasteiger partial charge in [-0.25, -0.2) is 8.42 Å². The molecule has 1 heterocycles. The van der Waals surface area contributed by atoms with Gasteiger partial charge in [0.05, 0.1) is 16.3 Å². The maximum absolute atomic E-state index is 13.4. The number of hydroxylamine groups is 1. The first-order chi connectivity index (χ1) is 12.8. The summed E-state index contributed by atoms with van der Waals surface area (Å²) in [6.07, 6.45) is 2.49. The molecule has 0 amide bonds. The van der Waals surface area contributed by atoms with Gasteiger partial charge < -0.3 is 0 Å². The van der Waals surface area contributed by atoms with Crippen molar-refractivity contribution in [1.82, 2.24) is 0 Å². The van der Waals surface area contributed by atoms with E-state index in [-0.39, 0.29) is 10.8 Å². The number of nitrogens with zero attached hydrogens (tertiary/aromatic N) is 2. The molecule has 0 aromatic heterocycles. The van der Waals surface area contributed by atoms with Crippen molar-refractivity contribution in [1.29, 1.82) is 0 Å². The molecule has 5 nitrogen and oxygen atoms in total. The van der Waals surface area contributed by atoms with Crippen LogP contribution in [0.15, 0.2) is 47.4 Å². The van der Waals surface area contributed by atoms with Crippen LogP contribution in [-0.2, 0) is 22.9 Å². The van der Waals surface area contributed by atoms with E-state index in [4.69, 9.17) is 0 Å². The lowest BCUT2D eigenvalue weighted by Gasteiger charge is -2.29. The van der Waals surface area contributed by atoms with Gasteiger partial charge in [-0.15, -0.1) is 0 Å². The minimum absolute atomic E-state index is 0.191. The highest BCUT2D eigenvalue weighted by Gasteiger charge is 2.27. The van der Waals surface area contributed by atoms with Crippen molar-refractivity contribution in [2.45, 2.75) is 44.9 Å². The zero-order valence-corrected chi connectivity index (χ0v) is 17.0.